The third-order valence-corrected chi connectivity index (χ3v) is 4.46. The lowest BCUT2D eigenvalue weighted by atomic mass is 9.98. The fourth-order valence-corrected chi connectivity index (χ4v) is 2.87. The van der Waals surface area contributed by atoms with Gasteiger partial charge in [0, 0.05) is 0 Å². The summed E-state index contributed by atoms with van der Waals surface area (Å²) in [6.07, 6.45) is -2.44. The molecule has 0 atom stereocenters. The Balaban J connectivity index is 1.53. The number of hydrogen-bond acceptors (Lipinski definition) is 5. The van der Waals surface area contributed by atoms with Gasteiger partial charge in [0.2, 0.25) is 0 Å². The van der Waals surface area contributed by atoms with Gasteiger partial charge in [-0.3, -0.25) is 0 Å². The molecule has 0 saturated heterocycles. The van der Waals surface area contributed by atoms with Crippen LogP contribution in [0.5, 0.6) is 0 Å². The highest BCUT2D eigenvalue weighted by Crippen LogP contribution is 2.35. The van der Waals surface area contributed by atoms with E-state index in [0.29, 0.717) is 17.0 Å². The first kappa shape index (κ1) is 18.1. The molecule has 0 unspecified atom stereocenters. The Morgan fingerprint density at radius 1 is 1.11 bits per heavy atom. The largest absolute Gasteiger partial charge is 0.454 e. The number of nitrogens with zero attached hydrogens (tertiary/aromatic N) is 4. The predicted octanol–water partition coefficient (Wildman–Crippen LogP) is 4.05. The topological polar surface area (TPSA) is 69.9 Å². The van der Waals surface area contributed by atoms with E-state index in [1.807, 2.05) is 0 Å². The summed E-state index contributed by atoms with van der Waals surface area (Å²) in [6.45, 7) is -0.0797. The number of alkyl halides is 3. The minimum Gasteiger partial charge on any atom is -0.454 e. The van der Waals surface area contributed by atoms with E-state index < -0.39 is 17.7 Å². The van der Waals surface area contributed by atoms with Gasteiger partial charge in [-0.05, 0) is 52.6 Å². The van der Waals surface area contributed by atoms with Gasteiger partial charge < -0.3 is 4.74 Å². The normalized spacial score (nSPS) is 14.1. The van der Waals surface area contributed by atoms with Crippen LogP contribution in [0.25, 0.3) is 11.1 Å². The van der Waals surface area contributed by atoms with Crippen molar-refractivity contribution >= 4 is 5.97 Å². The highest BCUT2D eigenvalue weighted by atomic mass is 19.4. The van der Waals surface area contributed by atoms with Crippen molar-refractivity contribution in [2.24, 2.45) is 0 Å². The van der Waals surface area contributed by atoms with Gasteiger partial charge in [0.05, 0.1) is 17.2 Å². The van der Waals surface area contributed by atoms with E-state index >= 15 is 0 Å². The lowest BCUT2D eigenvalue weighted by Gasteiger charge is -2.11. The molecule has 1 aliphatic carbocycles. The minimum atomic E-state index is -4.41. The molecule has 1 aromatic heterocycles. The smallest absolute Gasteiger partial charge is 0.416 e. The average Bonchev–Trinajstić information content (AvgIpc) is 3.43. The second-order valence-corrected chi connectivity index (χ2v) is 6.47. The van der Waals surface area contributed by atoms with E-state index in [9.17, 15) is 18.0 Å². The molecule has 1 fully saturated rings. The minimum absolute atomic E-state index is 0.0797. The zero-order valence-corrected chi connectivity index (χ0v) is 14.6. The third-order valence-electron chi connectivity index (χ3n) is 4.46. The van der Waals surface area contributed by atoms with Crippen LogP contribution in [0.1, 0.15) is 40.6 Å². The van der Waals surface area contributed by atoms with Crippen molar-refractivity contribution in [3.05, 3.63) is 65.5 Å². The number of carbonyl (C=O) groups excluding carboxylic acids is 1. The van der Waals surface area contributed by atoms with Crippen molar-refractivity contribution < 1.29 is 22.7 Å². The van der Waals surface area contributed by atoms with Gasteiger partial charge in [0.15, 0.2) is 12.4 Å². The number of esters is 1. The second kappa shape index (κ2) is 7.06. The number of ether oxygens (including phenoxy) is 1. The van der Waals surface area contributed by atoms with Crippen LogP contribution in [0.4, 0.5) is 13.2 Å². The van der Waals surface area contributed by atoms with Crippen molar-refractivity contribution in [2.45, 2.75) is 31.7 Å². The summed E-state index contributed by atoms with van der Waals surface area (Å²) in [5.41, 5.74) is 0.488. The number of hydrogen-bond donors (Lipinski definition) is 0. The van der Waals surface area contributed by atoms with Crippen LogP contribution in [-0.2, 0) is 17.5 Å². The molecule has 2 aromatic carbocycles. The average molecular weight is 388 g/mol. The van der Waals surface area contributed by atoms with Gasteiger partial charge in [0.25, 0.3) is 0 Å². The molecule has 1 heterocycles. The van der Waals surface area contributed by atoms with Crippen molar-refractivity contribution in [2.75, 3.05) is 0 Å². The summed E-state index contributed by atoms with van der Waals surface area (Å²) in [6, 6.07) is 11.5. The maximum atomic E-state index is 12.8. The van der Waals surface area contributed by atoms with E-state index in [2.05, 4.69) is 15.5 Å². The van der Waals surface area contributed by atoms with Gasteiger partial charge in [-0.1, -0.05) is 30.3 Å². The van der Waals surface area contributed by atoms with Crippen LogP contribution in [0.2, 0.25) is 0 Å². The molecule has 3 aromatic rings. The number of aromatic nitrogens is 4. The van der Waals surface area contributed by atoms with Crippen LogP contribution in [0, 0.1) is 0 Å². The Kier molecular flexibility index (Phi) is 4.58. The molecule has 4 rings (SSSR count). The van der Waals surface area contributed by atoms with Crippen molar-refractivity contribution in [3.63, 3.8) is 0 Å². The van der Waals surface area contributed by atoms with Gasteiger partial charge in [-0.25, -0.2) is 9.48 Å². The highest BCUT2D eigenvalue weighted by molar-refractivity contribution is 5.97. The molecule has 0 bridgehead atoms. The zero-order chi connectivity index (χ0) is 19.7. The fraction of sp³-hybridized carbons (Fsp3) is 0.263. The summed E-state index contributed by atoms with van der Waals surface area (Å²) in [5, 5.41) is 11.4. The molecule has 0 amide bonds. The molecule has 0 N–H and O–H groups in total. The fourth-order valence-electron chi connectivity index (χ4n) is 2.87. The number of halogens is 3. The molecule has 0 aliphatic heterocycles. The summed E-state index contributed by atoms with van der Waals surface area (Å²) >= 11 is 0. The molecular formula is C19H15F3N4O2. The number of rotatable bonds is 5. The molecule has 1 aliphatic rings. The number of carbonyl (C=O) groups is 1. The van der Waals surface area contributed by atoms with Gasteiger partial charge >= 0.3 is 12.1 Å². The second-order valence-electron chi connectivity index (χ2n) is 6.47. The summed E-state index contributed by atoms with van der Waals surface area (Å²) in [5.74, 6) is -0.135. The van der Waals surface area contributed by atoms with Gasteiger partial charge in [-0.2, -0.15) is 13.2 Å². The Morgan fingerprint density at radius 2 is 1.82 bits per heavy atom. The molecule has 1 saturated carbocycles. The standard InChI is InChI=1S/C19H15F3N4O2/c20-19(21,22)13-7-5-12(6-8-13)15-3-1-2-4-16(15)18(27)28-11-17-23-24-25-26(17)14-9-10-14/h1-8,14H,9-11H2. The van der Waals surface area contributed by atoms with E-state index in [1.54, 1.807) is 28.9 Å². The van der Waals surface area contributed by atoms with Crippen LogP contribution in [0.15, 0.2) is 48.5 Å². The molecule has 6 nitrogen and oxygen atoms in total. The van der Waals surface area contributed by atoms with Crippen LogP contribution >= 0.6 is 0 Å². The number of benzene rings is 2. The highest BCUT2D eigenvalue weighted by Gasteiger charge is 2.30. The third kappa shape index (κ3) is 3.73. The summed E-state index contributed by atoms with van der Waals surface area (Å²) < 4.78 is 45.3. The van der Waals surface area contributed by atoms with Gasteiger partial charge in [-0.15, -0.1) is 5.10 Å². The lowest BCUT2D eigenvalue weighted by Crippen LogP contribution is -2.11. The first-order valence-electron chi connectivity index (χ1n) is 8.64. The lowest BCUT2D eigenvalue weighted by molar-refractivity contribution is -0.137. The van der Waals surface area contributed by atoms with Crippen molar-refractivity contribution in [3.8, 4) is 11.1 Å². The monoisotopic (exact) mass is 388 g/mol. The Morgan fingerprint density at radius 3 is 2.50 bits per heavy atom. The Bertz CT molecular complexity index is 995. The first-order valence-corrected chi connectivity index (χ1v) is 8.64. The summed E-state index contributed by atoms with van der Waals surface area (Å²) in [7, 11) is 0. The van der Waals surface area contributed by atoms with Crippen molar-refractivity contribution in [1.29, 1.82) is 0 Å². The molecule has 0 spiro atoms. The van der Waals surface area contributed by atoms with Crippen LogP contribution in [0.3, 0.4) is 0 Å². The Hall–Kier alpha value is -3.23. The van der Waals surface area contributed by atoms with Gasteiger partial charge in [0.1, 0.15) is 0 Å². The molecule has 9 heteroatoms. The molecule has 28 heavy (non-hydrogen) atoms. The van der Waals surface area contributed by atoms with E-state index in [-0.39, 0.29) is 18.2 Å². The van der Waals surface area contributed by atoms with Crippen molar-refractivity contribution in [1.82, 2.24) is 20.2 Å². The molecular weight excluding hydrogens is 373 g/mol. The van der Waals surface area contributed by atoms with Crippen LogP contribution in [-0.4, -0.2) is 26.2 Å². The zero-order valence-electron chi connectivity index (χ0n) is 14.6. The van der Waals surface area contributed by atoms with E-state index in [0.717, 1.165) is 25.0 Å². The number of tetrazole rings is 1. The van der Waals surface area contributed by atoms with Crippen LogP contribution < -0.4 is 0 Å². The first-order chi connectivity index (χ1) is 13.4. The predicted molar refractivity (Wildman–Crippen MR) is 92.1 cm³/mol. The Labute approximate surface area is 157 Å². The maximum absolute atomic E-state index is 12.8. The molecule has 144 valence electrons. The van der Waals surface area contributed by atoms with E-state index in [1.165, 1.54) is 12.1 Å². The molecule has 0 radical (unpaired) electrons. The maximum Gasteiger partial charge on any atom is 0.416 e. The summed E-state index contributed by atoms with van der Waals surface area (Å²) in [4.78, 5) is 12.6. The quantitative estimate of drug-likeness (QED) is 0.617. The van der Waals surface area contributed by atoms with E-state index in [4.69, 9.17) is 4.74 Å². The SMILES string of the molecule is O=C(OCc1nnnn1C1CC1)c1ccccc1-c1ccc(C(F)(F)F)cc1.